The fourth-order valence-electron chi connectivity index (χ4n) is 1.77. The van der Waals surface area contributed by atoms with E-state index >= 15 is 0 Å². The number of hydrogen-bond acceptors (Lipinski definition) is 2. The number of carbonyl (C=O) groups excluding carboxylic acids is 2. The molecule has 1 aromatic heterocycles. The third-order valence-electron chi connectivity index (χ3n) is 2.80. The number of hydrazine groups is 1. The molecule has 0 unspecified atom stereocenters. The van der Waals surface area contributed by atoms with Crippen LogP contribution in [0.4, 0.5) is 4.39 Å². The molecule has 110 valence electrons. The number of halogens is 2. The first kappa shape index (κ1) is 15.2. The van der Waals surface area contributed by atoms with Gasteiger partial charge < -0.3 is 4.57 Å². The van der Waals surface area contributed by atoms with Crippen LogP contribution in [-0.2, 0) is 18.3 Å². The average molecular weight is 354 g/mol. The summed E-state index contributed by atoms with van der Waals surface area (Å²) in [5.41, 5.74) is 5.71. The first-order valence-corrected chi connectivity index (χ1v) is 6.90. The molecule has 5 nitrogen and oxygen atoms in total. The Balaban J connectivity index is 1.88. The van der Waals surface area contributed by atoms with Gasteiger partial charge in [0.25, 0.3) is 5.91 Å². The van der Waals surface area contributed by atoms with E-state index in [-0.39, 0.29) is 18.1 Å². The molecule has 0 saturated heterocycles. The van der Waals surface area contributed by atoms with Crippen molar-refractivity contribution in [2.45, 2.75) is 6.42 Å². The molecule has 0 aliphatic carbocycles. The first-order valence-electron chi connectivity index (χ1n) is 6.11. The van der Waals surface area contributed by atoms with Crippen molar-refractivity contribution in [1.29, 1.82) is 0 Å². The minimum absolute atomic E-state index is 0.0530. The molecule has 0 aliphatic heterocycles. The number of aromatic nitrogens is 1. The molecule has 0 atom stereocenters. The van der Waals surface area contributed by atoms with Crippen LogP contribution in [0.5, 0.6) is 0 Å². The highest BCUT2D eigenvalue weighted by Gasteiger charge is 2.12. The fourth-order valence-corrected chi connectivity index (χ4v) is 2.30. The van der Waals surface area contributed by atoms with E-state index in [1.165, 1.54) is 24.3 Å². The summed E-state index contributed by atoms with van der Waals surface area (Å²) in [5.74, 6) is -1.17. The van der Waals surface area contributed by atoms with E-state index in [4.69, 9.17) is 0 Å². The lowest BCUT2D eigenvalue weighted by Gasteiger charge is -2.08. The molecule has 2 rings (SSSR count). The minimum Gasteiger partial charge on any atom is -0.345 e. The van der Waals surface area contributed by atoms with Crippen molar-refractivity contribution in [1.82, 2.24) is 15.4 Å². The number of rotatable bonds is 3. The van der Waals surface area contributed by atoms with Crippen molar-refractivity contribution in [3.05, 3.63) is 58.1 Å². The molecule has 0 fully saturated rings. The second-order valence-electron chi connectivity index (χ2n) is 4.46. The van der Waals surface area contributed by atoms with E-state index < -0.39 is 5.91 Å². The molecule has 0 saturated carbocycles. The summed E-state index contributed by atoms with van der Waals surface area (Å²) in [4.78, 5) is 23.6. The zero-order valence-electron chi connectivity index (χ0n) is 11.2. The smallest absolute Gasteiger partial charge is 0.286 e. The van der Waals surface area contributed by atoms with Crippen molar-refractivity contribution in [3.8, 4) is 0 Å². The van der Waals surface area contributed by atoms with Gasteiger partial charge in [-0.3, -0.25) is 20.4 Å². The molecule has 1 heterocycles. The van der Waals surface area contributed by atoms with Gasteiger partial charge >= 0.3 is 0 Å². The lowest BCUT2D eigenvalue weighted by molar-refractivity contribution is -0.121. The van der Waals surface area contributed by atoms with E-state index in [9.17, 15) is 14.0 Å². The van der Waals surface area contributed by atoms with E-state index in [0.29, 0.717) is 11.3 Å². The van der Waals surface area contributed by atoms with Crippen molar-refractivity contribution in [3.63, 3.8) is 0 Å². The van der Waals surface area contributed by atoms with Crippen molar-refractivity contribution in [2.75, 3.05) is 0 Å². The summed E-state index contributed by atoms with van der Waals surface area (Å²) in [6.07, 6.45) is 1.78. The topological polar surface area (TPSA) is 63.1 Å². The third-order valence-corrected chi connectivity index (χ3v) is 3.23. The molecule has 2 aromatic rings. The highest BCUT2D eigenvalue weighted by molar-refractivity contribution is 9.10. The SMILES string of the molecule is Cn1cc(Br)cc1C(=O)NNC(=O)Cc1ccc(F)cc1. The van der Waals surface area contributed by atoms with Crippen LogP contribution >= 0.6 is 15.9 Å². The largest absolute Gasteiger partial charge is 0.345 e. The number of amides is 2. The highest BCUT2D eigenvalue weighted by Crippen LogP contribution is 2.13. The maximum absolute atomic E-state index is 12.7. The average Bonchev–Trinajstić information content (AvgIpc) is 2.78. The molecule has 0 aliphatic rings. The zero-order chi connectivity index (χ0) is 15.4. The number of carbonyl (C=O) groups is 2. The van der Waals surface area contributed by atoms with E-state index in [0.717, 1.165) is 4.47 Å². The Morgan fingerprint density at radius 2 is 1.90 bits per heavy atom. The molecule has 0 bridgehead atoms. The molecule has 2 N–H and O–H groups in total. The molecular weight excluding hydrogens is 341 g/mol. The maximum Gasteiger partial charge on any atom is 0.286 e. The van der Waals surface area contributed by atoms with Crippen LogP contribution in [0.15, 0.2) is 41.0 Å². The number of hydrogen-bond donors (Lipinski definition) is 2. The standard InChI is InChI=1S/C14H13BrFN3O2/c1-19-8-10(15)7-12(19)14(21)18-17-13(20)6-9-2-4-11(16)5-3-9/h2-5,7-8H,6H2,1H3,(H,17,20)(H,18,21). The Morgan fingerprint density at radius 1 is 1.24 bits per heavy atom. The lowest BCUT2D eigenvalue weighted by atomic mass is 10.1. The van der Waals surface area contributed by atoms with E-state index in [1.807, 2.05) is 0 Å². The van der Waals surface area contributed by atoms with Crippen molar-refractivity contribution >= 4 is 27.7 Å². The maximum atomic E-state index is 12.7. The lowest BCUT2D eigenvalue weighted by Crippen LogP contribution is -2.42. The summed E-state index contributed by atoms with van der Waals surface area (Å²) in [5, 5.41) is 0. The predicted octanol–water partition coefficient (Wildman–Crippen LogP) is 1.93. The molecule has 2 amide bonds. The Morgan fingerprint density at radius 3 is 2.48 bits per heavy atom. The van der Waals surface area contributed by atoms with Crippen LogP contribution in [0.3, 0.4) is 0 Å². The van der Waals surface area contributed by atoms with Gasteiger partial charge in [0.1, 0.15) is 11.5 Å². The molecular formula is C14H13BrFN3O2. The van der Waals surface area contributed by atoms with Crippen LogP contribution in [0, 0.1) is 5.82 Å². The van der Waals surface area contributed by atoms with Crippen LogP contribution in [0.25, 0.3) is 0 Å². The quantitative estimate of drug-likeness (QED) is 0.828. The van der Waals surface area contributed by atoms with Crippen LogP contribution in [-0.4, -0.2) is 16.4 Å². The van der Waals surface area contributed by atoms with Crippen LogP contribution in [0.1, 0.15) is 16.1 Å². The minimum atomic E-state index is -0.421. The van der Waals surface area contributed by atoms with Gasteiger partial charge in [-0.2, -0.15) is 0 Å². The molecule has 0 spiro atoms. The number of nitrogens with zero attached hydrogens (tertiary/aromatic N) is 1. The van der Waals surface area contributed by atoms with Crippen molar-refractivity contribution in [2.24, 2.45) is 7.05 Å². The Bertz CT molecular complexity index is 667. The highest BCUT2D eigenvalue weighted by atomic mass is 79.9. The normalized spacial score (nSPS) is 10.2. The Labute approximate surface area is 129 Å². The monoisotopic (exact) mass is 353 g/mol. The fraction of sp³-hybridized carbons (Fsp3) is 0.143. The number of aryl methyl sites for hydroxylation is 1. The third kappa shape index (κ3) is 4.16. The summed E-state index contributed by atoms with van der Waals surface area (Å²) < 4.78 is 15.1. The van der Waals surface area contributed by atoms with Gasteiger partial charge in [0.05, 0.1) is 6.42 Å². The first-order chi connectivity index (χ1) is 9.95. The van der Waals surface area contributed by atoms with Crippen LogP contribution < -0.4 is 10.9 Å². The van der Waals surface area contributed by atoms with Gasteiger partial charge in [0, 0.05) is 17.7 Å². The molecule has 7 heteroatoms. The Hall–Kier alpha value is -2.15. The van der Waals surface area contributed by atoms with Gasteiger partial charge in [0.15, 0.2) is 0 Å². The second kappa shape index (κ2) is 6.53. The second-order valence-corrected chi connectivity index (χ2v) is 5.38. The summed E-state index contributed by atoms with van der Waals surface area (Å²) in [6.45, 7) is 0. The van der Waals surface area contributed by atoms with Gasteiger partial charge in [0.2, 0.25) is 5.91 Å². The molecule has 1 aromatic carbocycles. The summed E-state index contributed by atoms with van der Waals surface area (Å²) in [7, 11) is 1.72. The Kier molecular flexibility index (Phi) is 4.74. The van der Waals surface area contributed by atoms with Gasteiger partial charge in [-0.1, -0.05) is 12.1 Å². The van der Waals surface area contributed by atoms with E-state index in [2.05, 4.69) is 26.8 Å². The molecule has 0 radical (unpaired) electrons. The summed E-state index contributed by atoms with van der Waals surface area (Å²) >= 11 is 3.26. The summed E-state index contributed by atoms with van der Waals surface area (Å²) in [6, 6.07) is 7.24. The van der Waals surface area contributed by atoms with Crippen molar-refractivity contribution < 1.29 is 14.0 Å². The predicted molar refractivity (Wildman–Crippen MR) is 78.8 cm³/mol. The van der Waals surface area contributed by atoms with Gasteiger partial charge in [-0.15, -0.1) is 0 Å². The van der Waals surface area contributed by atoms with Gasteiger partial charge in [-0.25, -0.2) is 4.39 Å². The van der Waals surface area contributed by atoms with Gasteiger partial charge in [-0.05, 0) is 39.7 Å². The van der Waals surface area contributed by atoms with Crippen LogP contribution in [0.2, 0.25) is 0 Å². The van der Waals surface area contributed by atoms with E-state index in [1.54, 1.807) is 23.9 Å². The molecule has 21 heavy (non-hydrogen) atoms. The number of benzene rings is 1. The number of nitrogens with one attached hydrogen (secondary N) is 2. The zero-order valence-corrected chi connectivity index (χ0v) is 12.8.